The van der Waals surface area contributed by atoms with Gasteiger partial charge in [0.05, 0.1) is 7.11 Å². The molecule has 0 radical (unpaired) electrons. The predicted octanol–water partition coefficient (Wildman–Crippen LogP) is 0.930. The highest BCUT2D eigenvalue weighted by Gasteiger charge is 2.14. The maximum Gasteiger partial charge on any atom is 0.320 e. The van der Waals surface area contributed by atoms with Crippen molar-refractivity contribution >= 4 is 11.9 Å². The summed E-state index contributed by atoms with van der Waals surface area (Å²) in [6, 6.07) is 6.07. The van der Waals surface area contributed by atoms with Crippen LogP contribution >= 0.6 is 0 Å². The van der Waals surface area contributed by atoms with Gasteiger partial charge in [-0.3, -0.25) is 9.59 Å². The molecule has 6 nitrogen and oxygen atoms in total. The summed E-state index contributed by atoms with van der Waals surface area (Å²) in [4.78, 5) is 21.8. The second-order valence-electron chi connectivity index (χ2n) is 3.99. The molecule has 0 aliphatic rings. The highest BCUT2D eigenvalue weighted by Crippen LogP contribution is 2.12. The van der Waals surface area contributed by atoms with Gasteiger partial charge in [-0.25, -0.2) is 0 Å². The largest absolute Gasteiger partial charge is 0.497 e. The minimum atomic E-state index is -1.12. The Morgan fingerprint density at radius 1 is 1.32 bits per heavy atom. The lowest BCUT2D eigenvalue weighted by atomic mass is 10.2. The number of aliphatic carboxylic acids is 1. The Morgan fingerprint density at radius 2 is 1.95 bits per heavy atom. The van der Waals surface area contributed by atoms with Gasteiger partial charge in [0.2, 0.25) is 0 Å². The molecular weight excluding hydrogens is 250 g/mol. The lowest BCUT2D eigenvalue weighted by Gasteiger charge is -2.07. The first kappa shape index (κ1) is 15.0. The predicted molar refractivity (Wildman–Crippen MR) is 67.6 cm³/mol. The Bertz CT molecular complexity index is 429. The topological polar surface area (TPSA) is 98.9 Å². The quantitative estimate of drug-likeness (QED) is 0.713. The first-order valence-corrected chi connectivity index (χ1v) is 5.80. The highest BCUT2D eigenvalue weighted by atomic mass is 16.5. The third kappa shape index (κ3) is 5.39. The summed E-state index contributed by atoms with van der Waals surface area (Å²) in [5, 5.41) is 8.56. The van der Waals surface area contributed by atoms with Crippen molar-refractivity contribution in [3.63, 3.8) is 0 Å². The standard InChI is InChI=1S/C13H17NO5/c1-18-10-4-2-9(3-5-10)8-19-12(15)7-6-11(14)13(16)17/h2-5,11H,6-8,14H2,1H3,(H,16,17)/t11-/m0/s1. The summed E-state index contributed by atoms with van der Waals surface area (Å²) in [6.45, 7) is 0.144. The summed E-state index contributed by atoms with van der Waals surface area (Å²) >= 11 is 0. The molecule has 0 fully saturated rings. The van der Waals surface area contributed by atoms with Crippen LogP contribution in [0.3, 0.4) is 0 Å². The minimum Gasteiger partial charge on any atom is -0.497 e. The van der Waals surface area contributed by atoms with Gasteiger partial charge in [-0.1, -0.05) is 12.1 Å². The van der Waals surface area contributed by atoms with Gasteiger partial charge in [0.25, 0.3) is 0 Å². The minimum absolute atomic E-state index is 0.0103. The fourth-order valence-electron chi connectivity index (χ4n) is 1.35. The van der Waals surface area contributed by atoms with Crippen LogP contribution < -0.4 is 10.5 Å². The fraction of sp³-hybridized carbons (Fsp3) is 0.385. The zero-order chi connectivity index (χ0) is 14.3. The SMILES string of the molecule is COc1ccc(COC(=O)CC[C@H](N)C(=O)O)cc1. The molecule has 6 heteroatoms. The molecule has 0 aromatic heterocycles. The number of hydrogen-bond acceptors (Lipinski definition) is 5. The van der Waals surface area contributed by atoms with E-state index in [2.05, 4.69) is 0 Å². The van der Waals surface area contributed by atoms with E-state index in [1.54, 1.807) is 31.4 Å². The van der Waals surface area contributed by atoms with Crippen LogP contribution in [0.2, 0.25) is 0 Å². The molecule has 1 aromatic rings. The molecule has 0 saturated heterocycles. The molecule has 0 aliphatic carbocycles. The van der Waals surface area contributed by atoms with Gasteiger partial charge in [0, 0.05) is 6.42 Å². The number of methoxy groups -OCH3 is 1. The number of benzene rings is 1. The van der Waals surface area contributed by atoms with Crippen molar-refractivity contribution < 1.29 is 24.2 Å². The van der Waals surface area contributed by atoms with E-state index in [1.807, 2.05) is 0 Å². The second kappa shape index (κ2) is 7.38. The molecule has 1 atom stereocenters. The average molecular weight is 267 g/mol. The normalized spacial score (nSPS) is 11.7. The Kier molecular flexibility index (Phi) is 5.81. The van der Waals surface area contributed by atoms with Crippen LogP contribution in [-0.2, 0) is 20.9 Å². The zero-order valence-electron chi connectivity index (χ0n) is 10.7. The number of esters is 1. The monoisotopic (exact) mass is 267 g/mol. The van der Waals surface area contributed by atoms with E-state index in [0.29, 0.717) is 0 Å². The Labute approximate surface area is 111 Å². The van der Waals surface area contributed by atoms with E-state index in [4.69, 9.17) is 20.3 Å². The smallest absolute Gasteiger partial charge is 0.320 e. The Balaban J connectivity index is 2.31. The van der Waals surface area contributed by atoms with Crippen molar-refractivity contribution in [2.24, 2.45) is 5.73 Å². The third-order valence-corrected chi connectivity index (χ3v) is 2.54. The first-order chi connectivity index (χ1) is 9.02. The number of nitrogens with two attached hydrogens (primary N) is 1. The summed E-state index contributed by atoms with van der Waals surface area (Å²) < 4.78 is 10.0. The lowest BCUT2D eigenvalue weighted by Crippen LogP contribution is -2.30. The van der Waals surface area contributed by atoms with Crippen molar-refractivity contribution in [1.82, 2.24) is 0 Å². The van der Waals surface area contributed by atoms with Crippen molar-refractivity contribution in [2.45, 2.75) is 25.5 Å². The van der Waals surface area contributed by atoms with Crippen molar-refractivity contribution in [3.8, 4) is 5.75 Å². The summed E-state index contributed by atoms with van der Waals surface area (Å²) in [5.74, 6) is -0.863. The average Bonchev–Trinajstić information content (AvgIpc) is 2.42. The number of hydrogen-bond donors (Lipinski definition) is 2. The van der Waals surface area contributed by atoms with E-state index in [0.717, 1.165) is 11.3 Å². The molecule has 3 N–H and O–H groups in total. The molecule has 0 spiro atoms. The molecule has 0 saturated carbocycles. The maximum atomic E-state index is 11.4. The van der Waals surface area contributed by atoms with Crippen molar-refractivity contribution in [3.05, 3.63) is 29.8 Å². The fourth-order valence-corrected chi connectivity index (χ4v) is 1.35. The van der Waals surface area contributed by atoms with Gasteiger partial charge in [-0.2, -0.15) is 0 Å². The van der Waals surface area contributed by atoms with Crippen LogP contribution in [0, 0.1) is 0 Å². The molecule has 104 valence electrons. The van der Waals surface area contributed by atoms with E-state index < -0.39 is 18.0 Å². The van der Waals surface area contributed by atoms with Gasteiger partial charge >= 0.3 is 11.9 Å². The summed E-state index contributed by atoms with van der Waals surface area (Å²) in [6.07, 6.45) is 0.0560. The molecular formula is C13H17NO5. The molecule has 19 heavy (non-hydrogen) atoms. The van der Waals surface area contributed by atoms with Crippen molar-refractivity contribution in [2.75, 3.05) is 7.11 Å². The lowest BCUT2D eigenvalue weighted by molar-refractivity contribution is -0.145. The number of ether oxygens (including phenoxy) is 2. The van der Waals surface area contributed by atoms with Crippen LogP contribution in [0.5, 0.6) is 5.75 Å². The number of rotatable bonds is 7. The van der Waals surface area contributed by atoms with Crippen LogP contribution in [0.15, 0.2) is 24.3 Å². The molecule has 1 aromatic carbocycles. The van der Waals surface area contributed by atoms with Crippen molar-refractivity contribution in [1.29, 1.82) is 0 Å². The zero-order valence-corrected chi connectivity index (χ0v) is 10.7. The van der Waals surface area contributed by atoms with E-state index in [9.17, 15) is 9.59 Å². The van der Waals surface area contributed by atoms with Crippen LogP contribution in [0.25, 0.3) is 0 Å². The van der Waals surface area contributed by atoms with Crippen LogP contribution in [0.1, 0.15) is 18.4 Å². The van der Waals surface area contributed by atoms with Crippen LogP contribution in [0.4, 0.5) is 0 Å². The second-order valence-corrected chi connectivity index (χ2v) is 3.99. The molecule has 0 bridgehead atoms. The van der Waals surface area contributed by atoms with Gasteiger partial charge in [0.15, 0.2) is 0 Å². The Morgan fingerprint density at radius 3 is 2.47 bits per heavy atom. The van der Waals surface area contributed by atoms with Gasteiger partial charge < -0.3 is 20.3 Å². The number of carboxylic acids is 1. The maximum absolute atomic E-state index is 11.4. The number of carbonyl (C=O) groups is 2. The highest BCUT2D eigenvalue weighted by molar-refractivity contribution is 5.75. The van der Waals surface area contributed by atoms with Gasteiger partial charge in [0.1, 0.15) is 18.4 Å². The third-order valence-electron chi connectivity index (χ3n) is 2.54. The number of carbonyl (C=O) groups excluding carboxylic acids is 1. The molecule has 1 rings (SSSR count). The molecule has 0 heterocycles. The summed E-state index contributed by atoms with van der Waals surface area (Å²) in [5.41, 5.74) is 6.11. The first-order valence-electron chi connectivity index (χ1n) is 5.80. The van der Waals surface area contributed by atoms with Crippen LogP contribution in [-0.4, -0.2) is 30.2 Å². The van der Waals surface area contributed by atoms with E-state index in [-0.39, 0.29) is 19.4 Å². The van der Waals surface area contributed by atoms with Gasteiger partial charge in [-0.15, -0.1) is 0 Å². The number of carboxylic acid groups (broad SMARTS) is 1. The molecule has 0 unspecified atom stereocenters. The summed E-state index contributed by atoms with van der Waals surface area (Å²) in [7, 11) is 1.57. The van der Waals surface area contributed by atoms with E-state index >= 15 is 0 Å². The molecule has 0 aliphatic heterocycles. The molecule has 0 amide bonds. The Hall–Kier alpha value is -2.08. The van der Waals surface area contributed by atoms with E-state index in [1.165, 1.54) is 0 Å². The van der Waals surface area contributed by atoms with Gasteiger partial charge in [-0.05, 0) is 24.1 Å².